The zero-order chi connectivity index (χ0) is 14.4. The van der Waals surface area contributed by atoms with E-state index in [1.54, 1.807) is 6.92 Å². The number of amides is 1. The smallest absolute Gasteiger partial charge is 0.307 e. The summed E-state index contributed by atoms with van der Waals surface area (Å²) in [5, 5.41) is 2.83. The summed E-state index contributed by atoms with van der Waals surface area (Å²) < 4.78 is 4.83. The Morgan fingerprint density at radius 1 is 1.30 bits per heavy atom. The van der Waals surface area contributed by atoms with Crippen molar-refractivity contribution in [3.8, 4) is 0 Å². The Morgan fingerprint density at radius 3 is 2.80 bits per heavy atom. The summed E-state index contributed by atoms with van der Waals surface area (Å²) in [4.78, 5) is 23.3. The van der Waals surface area contributed by atoms with E-state index in [0.29, 0.717) is 13.2 Å². The van der Waals surface area contributed by atoms with Crippen molar-refractivity contribution < 1.29 is 14.3 Å². The molecule has 0 aromatic heterocycles. The number of fused-ring (bicyclic) bond motifs is 1. The Kier molecular flexibility index (Phi) is 5.16. The zero-order valence-corrected chi connectivity index (χ0v) is 11.9. The Labute approximate surface area is 119 Å². The van der Waals surface area contributed by atoms with Crippen LogP contribution in [-0.2, 0) is 27.2 Å². The van der Waals surface area contributed by atoms with Gasteiger partial charge in [-0.05, 0) is 37.3 Å². The predicted octanol–water partition coefficient (Wildman–Crippen LogP) is 1.86. The van der Waals surface area contributed by atoms with Gasteiger partial charge in [0.05, 0.1) is 13.0 Å². The van der Waals surface area contributed by atoms with Gasteiger partial charge in [0.1, 0.15) is 0 Å². The van der Waals surface area contributed by atoms with Gasteiger partial charge < -0.3 is 10.1 Å². The predicted molar refractivity (Wildman–Crippen MR) is 76.2 cm³/mol. The van der Waals surface area contributed by atoms with Crippen LogP contribution in [0.4, 0.5) is 0 Å². The number of carbonyl (C=O) groups excluding carboxylic acids is 2. The van der Waals surface area contributed by atoms with Gasteiger partial charge in [0, 0.05) is 12.5 Å². The monoisotopic (exact) mass is 275 g/mol. The quantitative estimate of drug-likeness (QED) is 0.835. The Hall–Kier alpha value is -1.84. The van der Waals surface area contributed by atoms with Crippen molar-refractivity contribution in [1.82, 2.24) is 5.32 Å². The lowest BCUT2D eigenvalue weighted by Gasteiger charge is -2.23. The van der Waals surface area contributed by atoms with Gasteiger partial charge in [0.25, 0.3) is 0 Å². The van der Waals surface area contributed by atoms with Crippen molar-refractivity contribution in [3.63, 3.8) is 0 Å². The van der Waals surface area contributed by atoms with E-state index in [4.69, 9.17) is 4.74 Å². The van der Waals surface area contributed by atoms with E-state index in [1.807, 2.05) is 12.1 Å². The fraction of sp³-hybridized carbons (Fsp3) is 0.500. The van der Waals surface area contributed by atoms with Crippen LogP contribution in [0.15, 0.2) is 24.3 Å². The lowest BCUT2D eigenvalue weighted by molar-refractivity contribution is -0.143. The molecule has 0 spiro atoms. The summed E-state index contributed by atoms with van der Waals surface area (Å²) in [6, 6.07) is 8.27. The average Bonchev–Trinajstić information content (AvgIpc) is 2.47. The largest absolute Gasteiger partial charge is 0.466 e. The van der Waals surface area contributed by atoms with Crippen molar-refractivity contribution in [2.45, 2.75) is 32.6 Å². The number of hydrogen-bond acceptors (Lipinski definition) is 3. The van der Waals surface area contributed by atoms with Crippen LogP contribution in [0.1, 0.15) is 30.9 Å². The molecule has 1 N–H and O–H groups in total. The van der Waals surface area contributed by atoms with Crippen LogP contribution in [0.5, 0.6) is 0 Å². The van der Waals surface area contributed by atoms with E-state index >= 15 is 0 Å². The van der Waals surface area contributed by atoms with Crippen LogP contribution >= 0.6 is 0 Å². The van der Waals surface area contributed by atoms with Gasteiger partial charge in [-0.1, -0.05) is 24.3 Å². The highest BCUT2D eigenvalue weighted by molar-refractivity contribution is 5.80. The first-order valence-corrected chi connectivity index (χ1v) is 7.20. The fourth-order valence-electron chi connectivity index (χ4n) is 2.59. The number of aryl methyl sites for hydroxylation is 1. The standard InChI is InChI=1S/C16H21NO3/c1-2-20-15(18)9-10-17-16(19)14-8-7-12-5-3-4-6-13(12)11-14/h3-6,14H,2,7-11H2,1H3,(H,17,19). The van der Waals surface area contributed by atoms with Crippen LogP contribution in [0.25, 0.3) is 0 Å². The van der Waals surface area contributed by atoms with Gasteiger partial charge in [-0.25, -0.2) is 0 Å². The lowest BCUT2D eigenvalue weighted by Crippen LogP contribution is -2.35. The first kappa shape index (κ1) is 14.6. The van der Waals surface area contributed by atoms with E-state index in [2.05, 4.69) is 17.4 Å². The second kappa shape index (κ2) is 7.08. The molecule has 0 bridgehead atoms. The van der Waals surface area contributed by atoms with Crippen LogP contribution in [0, 0.1) is 5.92 Å². The third kappa shape index (κ3) is 3.83. The molecule has 0 fully saturated rings. The molecule has 1 atom stereocenters. The molecule has 0 aliphatic heterocycles. The summed E-state index contributed by atoms with van der Waals surface area (Å²) in [5.74, 6) is -0.197. The molecule has 1 amide bonds. The maximum atomic E-state index is 12.1. The number of benzene rings is 1. The van der Waals surface area contributed by atoms with Gasteiger partial charge in [-0.2, -0.15) is 0 Å². The normalized spacial score (nSPS) is 17.1. The minimum atomic E-state index is -0.262. The molecular formula is C16H21NO3. The van der Waals surface area contributed by atoms with E-state index < -0.39 is 0 Å². The van der Waals surface area contributed by atoms with Crippen LogP contribution in [0.2, 0.25) is 0 Å². The van der Waals surface area contributed by atoms with Gasteiger partial charge in [-0.15, -0.1) is 0 Å². The van der Waals surface area contributed by atoms with E-state index in [9.17, 15) is 9.59 Å². The molecular weight excluding hydrogens is 254 g/mol. The first-order valence-electron chi connectivity index (χ1n) is 7.20. The van der Waals surface area contributed by atoms with Crippen molar-refractivity contribution >= 4 is 11.9 Å². The van der Waals surface area contributed by atoms with Crippen LogP contribution in [-0.4, -0.2) is 25.0 Å². The molecule has 0 saturated carbocycles. The summed E-state index contributed by atoms with van der Waals surface area (Å²) in [7, 11) is 0. The number of carbonyl (C=O) groups is 2. The molecule has 1 aromatic rings. The molecule has 2 rings (SSSR count). The topological polar surface area (TPSA) is 55.4 Å². The molecule has 1 aliphatic rings. The average molecular weight is 275 g/mol. The highest BCUT2D eigenvalue weighted by Crippen LogP contribution is 2.25. The molecule has 0 radical (unpaired) electrons. The Balaban J connectivity index is 1.78. The van der Waals surface area contributed by atoms with E-state index in [-0.39, 0.29) is 24.2 Å². The maximum Gasteiger partial charge on any atom is 0.307 e. The van der Waals surface area contributed by atoms with Gasteiger partial charge in [0.2, 0.25) is 5.91 Å². The zero-order valence-electron chi connectivity index (χ0n) is 11.9. The van der Waals surface area contributed by atoms with Gasteiger partial charge in [-0.3, -0.25) is 9.59 Å². The van der Waals surface area contributed by atoms with Crippen molar-refractivity contribution in [2.75, 3.05) is 13.2 Å². The molecule has 1 unspecified atom stereocenters. The summed E-state index contributed by atoms with van der Waals surface area (Å²) in [6.45, 7) is 2.51. The van der Waals surface area contributed by atoms with Crippen LogP contribution in [0.3, 0.4) is 0 Å². The SMILES string of the molecule is CCOC(=O)CCNC(=O)C1CCc2ccccc2C1. The van der Waals surface area contributed by atoms with Crippen molar-refractivity contribution in [2.24, 2.45) is 5.92 Å². The minimum Gasteiger partial charge on any atom is -0.466 e. The molecule has 0 heterocycles. The molecule has 4 nitrogen and oxygen atoms in total. The second-order valence-electron chi connectivity index (χ2n) is 5.05. The second-order valence-corrected chi connectivity index (χ2v) is 5.05. The fourth-order valence-corrected chi connectivity index (χ4v) is 2.59. The van der Waals surface area contributed by atoms with Gasteiger partial charge >= 0.3 is 5.97 Å². The molecule has 1 aliphatic carbocycles. The molecule has 20 heavy (non-hydrogen) atoms. The number of ether oxygens (including phenoxy) is 1. The van der Waals surface area contributed by atoms with Gasteiger partial charge in [0.15, 0.2) is 0 Å². The summed E-state index contributed by atoms with van der Waals surface area (Å²) in [6.07, 6.45) is 2.86. The molecule has 1 aromatic carbocycles. The molecule has 108 valence electrons. The molecule has 4 heteroatoms. The van der Waals surface area contributed by atoms with Crippen LogP contribution < -0.4 is 5.32 Å². The lowest BCUT2D eigenvalue weighted by atomic mass is 9.83. The maximum absolute atomic E-state index is 12.1. The van der Waals surface area contributed by atoms with E-state index in [0.717, 1.165) is 19.3 Å². The molecule has 0 saturated heterocycles. The van der Waals surface area contributed by atoms with E-state index in [1.165, 1.54) is 11.1 Å². The number of esters is 1. The summed E-state index contributed by atoms with van der Waals surface area (Å²) in [5.41, 5.74) is 2.62. The first-order chi connectivity index (χ1) is 9.70. The number of hydrogen-bond donors (Lipinski definition) is 1. The Bertz CT molecular complexity index is 484. The number of rotatable bonds is 5. The highest BCUT2D eigenvalue weighted by atomic mass is 16.5. The number of nitrogens with one attached hydrogen (secondary N) is 1. The highest BCUT2D eigenvalue weighted by Gasteiger charge is 2.24. The third-order valence-electron chi connectivity index (χ3n) is 3.65. The van der Waals surface area contributed by atoms with Crippen molar-refractivity contribution in [1.29, 1.82) is 0 Å². The minimum absolute atomic E-state index is 0.0205. The Morgan fingerprint density at radius 2 is 2.05 bits per heavy atom. The third-order valence-corrected chi connectivity index (χ3v) is 3.65. The van der Waals surface area contributed by atoms with Crippen molar-refractivity contribution in [3.05, 3.63) is 35.4 Å². The summed E-state index contributed by atoms with van der Waals surface area (Å²) >= 11 is 0.